The normalized spacial score (nSPS) is 23.7. The summed E-state index contributed by atoms with van der Waals surface area (Å²) in [6.07, 6.45) is 10.4. The van der Waals surface area contributed by atoms with Crippen molar-refractivity contribution in [2.75, 3.05) is 11.9 Å². The number of benzene rings is 1. The Kier molecular flexibility index (Phi) is 5.56. The molecule has 0 spiro atoms. The van der Waals surface area contributed by atoms with Crippen molar-refractivity contribution < 1.29 is 19.2 Å². The number of piperidine rings is 1. The van der Waals surface area contributed by atoms with E-state index in [9.17, 15) is 19.2 Å². The lowest BCUT2D eigenvalue weighted by Gasteiger charge is -2.35. The SMILES string of the molecule is O=C1CCC(N2C(=O)c3cccc(NCC4CC(n5cc(-c6nccc7[nH]ccc67)c(C6CC6)n5)C4)c3C2=O)C(=O)N1. The zero-order valence-corrected chi connectivity index (χ0v) is 22.8. The summed E-state index contributed by atoms with van der Waals surface area (Å²) in [5.41, 5.74) is 5.46. The number of rotatable bonds is 7. The van der Waals surface area contributed by atoms with Crippen molar-refractivity contribution in [2.24, 2.45) is 5.92 Å². The van der Waals surface area contributed by atoms with Gasteiger partial charge in [-0.2, -0.15) is 5.10 Å². The van der Waals surface area contributed by atoms with Crippen LogP contribution < -0.4 is 10.6 Å². The Morgan fingerprint density at radius 1 is 0.976 bits per heavy atom. The minimum atomic E-state index is -0.978. The quantitative estimate of drug-likeness (QED) is 0.291. The summed E-state index contributed by atoms with van der Waals surface area (Å²) in [5, 5.41) is 11.8. The number of pyridine rings is 1. The minimum absolute atomic E-state index is 0.0932. The van der Waals surface area contributed by atoms with Crippen molar-refractivity contribution in [1.29, 1.82) is 0 Å². The van der Waals surface area contributed by atoms with Crippen LogP contribution in [-0.4, -0.2) is 60.9 Å². The van der Waals surface area contributed by atoms with Crippen LogP contribution in [0.25, 0.3) is 22.2 Å². The van der Waals surface area contributed by atoms with Crippen LogP contribution >= 0.6 is 0 Å². The molecule has 3 fully saturated rings. The molecule has 4 aliphatic rings. The zero-order valence-electron chi connectivity index (χ0n) is 22.8. The number of carbonyl (C=O) groups is 4. The molecular weight excluding hydrogens is 534 g/mol. The average molecular weight is 564 g/mol. The number of aromatic amines is 1. The second-order valence-corrected chi connectivity index (χ2v) is 11.8. The van der Waals surface area contributed by atoms with Gasteiger partial charge in [-0.05, 0) is 62.3 Å². The Hall–Kier alpha value is -4.80. The van der Waals surface area contributed by atoms with Crippen molar-refractivity contribution >= 4 is 40.2 Å². The summed E-state index contributed by atoms with van der Waals surface area (Å²) in [4.78, 5) is 59.5. The van der Waals surface area contributed by atoms with E-state index in [0.717, 1.165) is 58.4 Å². The molecule has 212 valence electrons. The Morgan fingerprint density at radius 2 is 1.83 bits per heavy atom. The predicted octanol–water partition coefficient (Wildman–Crippen LogP) is 3.77. The van der Waals surface area contributed by atoms with E-state index in [1.165, 1.54) is 0 Å². The molecule has 8 rings (SSSR count). The molecule has 1 aromatic carbocycles. The van der Waals surface area contributed by atoms with E-state index in [4.69, 9.17) is 10.1 Å². The zero-order chi connectivity index (χ0) is 28.5. The van der Waals surface area contributed by atoms with Crippen molar-refractivity contribution in [1.82, 2.24) is 30.0 Å². The topological polar surface area (TPSA) is 142 Å². The highest BCUT2D eigenvalue weighted by Gasteiger charge is 2.46. The van der Waals surface area contributed by atoms with Crippen LogP contribution in [-0.2, 0) is 9.59 Å². The number of nitrogens with one attached hydrogen (secondary N) is 3. The average Bonchev–Trinajstić information content (AvgIpc) is 3.42. The molecule has 4 aromatic rings. The molecule has 3 aromatic heterocycles. The molecule has 2 saturated carbocycles. The number of aromatic nitrogens is 4. The lowest BCUT2D eigenvalue weighted by atomic mass is 9.80. The van der Waals surface area contributed by atoms with Gasteiger partial charge in [0.1, 0.15) is 6.04 Å². The van der Waals surface area contributed by atoms with Crippen LogP contribution in [0, 0.1) is 5.92 Å². The Bertz CT molecular complexity index is 1800. The highest BCUT2D eigenvalue weighted by Crippen LogP contribution is 2.46. The molecule has 5 heterocycles. The number of amides is 4. The van der Waals surface area contributed by atoms with E-state index in [0.29, 0.717) is 35.7 Å². The third kappa shape index (κ3) is 3.94. The van der Waals surface area contributed by atoms with Gasteiger partial charge in [0.15, 0.2) is 0 Å². The van der Waals surface area contributed by atoms with E-state index in [-0.39, 0.29) is 24.3 Å². The van der Waals surface area contributed by atoms with Crippen molar-refractivity contribution in [3.63, 3.8) is 0 Å². The van der Waals surface area contributed by atoms with Crippen LogP contribution in [0.4, 0.5) is 5.69 Å². The number of fused-ring (bicyclic) bond motifs is 2. The lowest BCUT2D eigenvalue weighted by Crippen LogP contribution is -2.54. The highest BCUT2D eigenvalue weighted by molar-refractivity contribution is 6.25. The smallest absolute Gasteiger partial charge is 0.264 e. The first-order valence-corrected chi connectivity index (χ1v) is 14.6. The second-order valence-electron chi connectivity index (χ2n) is 11.8. The van der Waals surface area contributed by atoms with Crippen molar-refractivity contribution in [3.8, 4) is 11.3 Å². The van der Waals surface area contributed by atoms with Gasteiger partial charge in [-0.15, -0.1) is 0 Å². The van der Waals surface area contributed by atoms with Crippen LogP contribution in [0.2, 0.25) is 0 Å². The van der Waals surface area contributed by atoms with Gasteiger partial charge in [0.05, 0.1) is 28.6 Å². The van der Waals surface area contributed by atoms with Crippen LogP contribution in [0.15, 0.2) is 48.9 Å². The maximum absolute atomic E-state index is 13.4. The largest absolute Gasteiger partial charge is 0.384 e. The minimum Gasteiger partial charge on any atom is -0.384 e. The Labute approximate surface area is 240 Å². The van der Waals surface area contributed by atoms with E-state index < -0.39 is 23.8 Å². The number of anilines is 1. The Balaban J connectivity index is 0.962. The van der Waals surface area contributed by atoms with Gasteiger partial charge in [0.25, 0.3) is 11.8 Å². The van der Waals surface area contributed by atoms with Crippen LogP contribution in [0.5, 0.6) is 0 Å². The van der Waals surface area contributed by atoms with Gasteiger partial charge < -0.3 is 10.3 Å². The first kappa shape index (κ1) is 25.0. The third-order valence-corrected chi connectivity index (χ3v) is 9.09. The van der Waals surface area contributed by atoms with E-state index in [1.807, 2.05) is 18.5 Å². The molecule has 4 amide bonds. The molecule has 2 aliphatic heterocycles. The Morgan fingerprint density at radius 3 is 2.64 bits per heavy atom. The molecule has 1 atom stereocenters. The van der Waals surface area contributed by atoms with Gasteiger partial charge in [-0.25, -0.2) is 0 Å². The summed E-state index contributed by atoms with van der Waals surface area (Å²) in [6.45, 7) is 0.653. The molecule has 11 heteroatoms. The number of hydrogen-bond acceptors (Lipinski definition) is 7. The fraction of sp³-hybridized carbons (Fsp3) is 0.355. The summed E-state index contributed by atoms with van der Waals surface area (Å²) < 4.78 is 2.12. The van der Waals surface area contributed by atoms with E-state index in [1.54, 1.807) is 18.2 Å². The molecule has 1 saturated heterocycles. The standard InChI is InChI=1S/C31H29N7O4/c39-25-7-6-24(29(40)35-25)38-30(41)20-2-1-3-23(26(20)31(38)42)34-14-16-12-18(13-16)37-15-21(27(36-37)17-4-5-17)28-19-8-10-32-22(19)9-11-33-28/h1-3,8-11,15-18,24,32,34H,4-7,12-14H2,(H,35,39,40). The van der Waals surface area contributed by atoms with Gasteiger partial charge in [0, 0.05) is 59.6 Å². The maximum atomic E-state index is 13.4. The van der Waals surface area contributed by atoms with Gasteiger partial charge in [0.2, 0.25) is 11.8 Å². The van der Waals surface area contributed by atoms with E-state index >= 15 is 0 Å². The van der Waals surface area contributed by atoms with Gasteiger partial charge in [-0.1, -0.05) is 6.07 Å². The summed E-state index contributed by atoms with van der Waals surface area (Å²) in [5.74, 6) is -1.12. The monoisotopic (exact) mass is 563 g/mol. The lowest BCUT2D eigenvalue weighted by molar-refractivity contribution is -0.136. The van der Waals surface area contributed by atoms with Crippen molar-refractivity contribution in [3.05, 3.63) is 65.7 Å². The summed E-state index contributed by atoms with van der Waals surface area (Å²) in [7, 11) is 0. The van der Waals surface area contributed by atoms with Gasteiger partial charge in [-0.3, -0.25) is 39.1 Å². The number of imide groups is 2. The number of H-pyrrole nitrogens is 1. The van der Waals surface area contributed by atoms with Crippen LogP contribution in [0.1, 0.15) is 76.9 Å². The van der Waals surface area contributed by atoms with Crippen molar-refractivity contribution in [2.45, 2.75) is 56.5 Å². The fourth-order valence-electron chi connectivity index (χ4n) is 6.63. The molecule has 2 aliphatic carbocycles. The third-order valence-electron chi connectivity index (χ3n) is 9.09. The molecule has 1 unspecified atom stereocenters. The number of nitrogens with zero attached hydrogens (tertiary/aromatic N) is 4. The first-order chi connectivity index (χ1) is 20.5. The number of carbonyl (C=O) groups excluding carboxylic acids is 4. The molecule has 0 radical (unpaired) electrons. The van der Waals surface area contributed by atoms with Gasteiger partial charge >= 0.3 is 0 Å². The molecular formula is C31H29N7O4. The second kappa shape index (κ2) is 9.37. The predicted molar refractivity (Wildman–Crippen MR) is 153 cm³/mol. The summed E-state index contributed by atoms with van der Waals surface area (Å²) >= 11 is 0. The fourth-order valence-corrected chi connectivity index (χ4v) is 6.63. The molecule has 3 N–H and O–H groups in total. The summed E-state index contributed by atoms with van der Waals surface area (Å²) in [6, 6.07) is 8.52. The molecule has 0 bridgehead atoms. The molecule has 42 heavy (non-hydrogen) atoms. The maximum Gasteiger partial charge on any atom is 0.264 e. The van der Waals surface area contributed by atoms with E-state index in [2.05, 4.69) is 32.6 Å². The molecule has 11 nitrogen and oxygen atoms in total. The number of hydrogen-bond donors (Lipinski definition) is 3. The first-order valence-electron chi connectivity index (χ1n) is 14.6. The van der Waals surface area contributed by atoms with Crippen LogP contribution in [0.3, 0.4) is 0 Å². The highest BCUT2D eigenvalue weighted by atomic mass is 16.2.